The summed E-state index contributed by atoms with van der Waals surface area (Å²) in [6, 6.07) is 2.96. The first-order valence-electron chi connectivity index (χ1n) is 11.5. The summed E-state index contributed by atoms with van der Waals surface area (Å²) in [6.07, 6.45) is 2.91. The average Bonchev–Trinajstić information content (AvgIpc) is 3.18. The summed E-state index contributed by atoms with van der Waals surface area (Å²) < 4.78 is 42.1. The van der Waals surface area contributed by atoms with Gasteiger partial charge in [-0.25, -0.2) is 0 Å². The Hall–Kier alpha value is -2.65. The van der Waals surface area contributed by atoms with Crippen LogP contribution in [0.4, 0.5) is 13.2 Å². The number of carboxylic acids is 1. The van der Waals surface area contributed by atoms with Gasteiger partial charge in [0.25, 0.3) is 5.91 Å². The highest BCUT2D eigenvalue weighted by molar-refractivity contribution is 6.38. The van der Waals surface area contributed by atoms with E-state index in [1.54, 1.807) is 36.2 Å². The fourth-order valence-electron chi connectivity index (χ4n) is 5.08. The molecule has 0 bridgehead atoms. The van der Waals surface area contributed by atoms with Crippen LogP contribution in [-0.4, -0.2) is 52.3 Å². The van der Waals surface area contributed by atoms with Gasteiger partial charge in [-0.15, -0.1) is 13.2 Å². The van der Waals surface area contributed by atoms with Crippen molar-refractivity contribution in [3.63, 3.8) is 0 Å². The Morgan fingerprint density at radius 1 is 1.19 bits per heavy atom. The van der Waals surface area contributed by atoms with Crippen molar-refractivity contribution < 1.29 is 32.6 Å². The number of amides is 1. The van der Waals surface area contributed by atoms with Crippen molar-refractivity contribution in [1.82, 2.24) is 9.80 Å². The number of hydrogen-bond donors (Lipinski definition) is 1. The number of piperidine rings is 1. The second-order valence-corrected chi connectivity index (χ2v) is 10.0. The Morgan fingerprint density at radius 3 is 2.53 bits per heavy atom. The third-order valence-electron chi connectivity index (χ3n) is 6.77. The van der Waals surface area contributed by atoms with Gasteiger partial charge in [-0.2, -0.15) is 0 Å². The summed E-state index contributed by atoms with van der Waals surface area (Å²) in [6.45, 7) is 2.89. The lowest BCUT2D eigenvalue weighted by molar-refractivity contribution is -0.303. The molecule has 6 nitrogen and oxygen atoms in total. The normalized spacial score (nSPS) is 22.3. The summed E-state index contributed by atoms with van der Waals surface area (Å²) in [5.74, 6) is -1.61. The molecular formula is C25H25Cl2F3N2O4. The van der Waals surface area contributed by atoms with Crippen molar-refractivity contribution in [3.8, 4) is 0 Å². The van der Waals surface area contributed by atoms with Gasteiger partial charge in [-0.1, -0.05) is 29.3 Å². The fraction of sp³-hybridized carbons (Fsp3) is 0.440. The Balaban J connectivity index is 1.48. The minimum absolute atomic E-state index is 0.0422. The van der Waals surface area contributed by atoms with Crippen LogP contribution in [0.15, 0.2) is 47.9 Å². The number of fused-ring (bicyclic) bond motifs is 1. The van der Waals surface area contributed by atoms with Crippen LogP contribution >= 0.6 is 23.2 Å². The second kappa shape index (κ2) is 10.4. The van der Waals surface area contributed by atoms with Gasteiger partial charge >= 0.3 is 12.3 Å². The predicted octanol–water partition coefficient (Wildman–Crippen LogP) is 6.01. The van der Waals surface area contributed by atoms with Gasteiger partial charge in [0, 0.05) is 42.6 Å². The number of hydrogen-bond acceptors (Lipinski definition) is 4. The number of benzene rings is 1. The van der Waals surface area contributed by atoms with Crippen LogP contribution in [0.1, 0.15) is 42.1 Å². The van der Waals surface area contributed by atoms with Crippen LogP contribution in [0.5, 0.6) is 0 Å². The average molecular weight is 545 g/mol. The monoisotopic (exact) mass is 544 g/mol. The van der Waals surface area contributed by atoms with E-state index in [0.717, 1.165) is 0 Å². The zero-order valence-electron chi connectivity index (χ0n) is 19.4. The standard InChI is InChI=1S/C25H25Cl2F3N2O4/c1-14-10-17(36-25(28,29)30)12-16-6-9-32(23(14)16)13-19-20(26)3-2-18(22(19)27)24(35)31-7-4-15(5-8-31)11-21(33)34/h2-3,6,9-10,12,15-16,23H,4-5,7-8,11,13H2,1H3,(H,33,34). The van der Waals surface area contributed by atoms with Crippen LogP contribution in [0.2, 0.25) is 10.0 Å². The number of likely N-dealkylation sites (tertiary alicyclic amines) is 1. The first kappa shape index (κ1) is 26.4. The molecule has 2 heterocycles. The van der Waals surface area contributed by atoms with E-state index in [-0.39, 0.29) is 47.5 Å². The van der Waals surface area contributed by atoms with E-state index in [4.69, 9.17) is 28.3 Å². The van der Waals surface area contributed by atoms with Crippen LogP contribution < -0.4 is 0 Å². The van der Waals surface area contributed by atoms with Crippen molar-refractivity contribution in [2.24, 2.45) is 11.8 Å². The molecular weight excluding hydrogens is 520 g/mol. The Bertz CT molecular complexity index is 1140. The predicted molar refractivity (Wildman–Crippen MR) is 128 cm³/mol. The zero-order valence-corrected chi connectivity index (χ0v) is 20.9. The summed E-state index contributed by atoms with van der Waals surface area (Å²) >= 11 is 13.1. The van der Waals surface area contributed by atoms with E-state index in [0.29, 0.717) is 47.7 Å². The highest BCUT2D eigenvalue weighted by Crippen LogP contribution is 2.39. The molecule has 1 aromatic carbocycles. The van der Waals surface area contributed by atoms with E-state index in [1.165, 1.54) is 12.2 Å². The number of carbonyl (C=O) groups excluding carboxylic acids is 1. The molecule has 1 aromatic rings. The first-order chi connectivity index (χ1) is 16.9. The van der Waals surface area contributed by atoms with Gasteiger partial charge < -0.3 is 19.6 Å². The minimum atomic E-state index is -4.77. The summed E-state index contributed by atoms with van der Waals surface area (Å²) in [5, 5.41) is 9.60. The van der Waals surface area contributed by atoms with Crippen LogP contribution in [0, 0.1) is 11.8 Å². The molecule has 1 saturated heterocycles. The van der Waals surface area contributed by atoms with E-state index in [1.807, 2.05) is 4.90 Å². The van der Waals surface area contributed by atoms with Gasteiger partial charge in [-0.3, -0.25) is 9.59 Å². The number of rotatable bonds is 6. The highest BCUT2D eigenvalue weighted by Gasteiger charge is 2.37. The lowest BCUT2D eigenvalue weighted by Crippen LogP contribution is -2.39. The lowest BCUT2D eigenvalue weighted by atomic mass is 9.89. The summed E-state index contributed by atoms with van der Waals surface area (Å²) in [4.78, 5) is 27.8. The minimum Gasteiger partial charge on any atom is -0.481 e. The van der Waals surface area contributed by atoms with Crippen molar-refractivity contribution >= 4 is 35.1 Å². The molecule has 2 unspecified atom stereocenters. The molecule has 2 atom stereocenters. The maximum absolute atomic E-state index is 13.2. The van der Waals surface area contributed by atoms with Crippen molar-refractivity contribution in [3.05, 3.63) is 69.1 Å². The molecule has 0 spiro atoms. The molecule has 0 radical (unpaired) electrons. The summed E-state index contributed by atoms with van der Waals surface area (Å²) in [5.41, 5.74) is 1.55. The Morgan fingerprint density at radius 2 is 1.89 bits per heavy atom. The van der Waals surface area contributed by atoms with Crippen molar-refractivity contribution in [1.29, 1.82) is 0 Å². The molecule has 1 aliphatic carbocycles. The van der Waals surface area contributed by atoms with Gasteiger partial charge in [0.15, 0.2) is 0 Å². The number of carboxylic acid groups (broad SMARTS) is 1. The SMILES string of the molecule is CC1=CC(OC(F)(F)F)=CC2C=CN(Cc3c(Cl)ccc(C(=O)N4CCC(CC(=O)O)CC4)c3Cl)C12. The molecule has 1 fully saturated rings. The molecule has 194 valence electrons. The van der Waals surface area contributed by atoms with E-state index < -0.39 is 12.3 Å². The molecule has 11 heteroatoms. The number of ether oxygens (including phenoxy) is 1. The van der Waals surface area contributed by atoms with E-state index in [9.17, 15) is 22.8 Å². The molecule has 4 rings (SSSR count). The second-order valence-electron chi connectivity index (χ2n) is 9.26. The molecule has 3 aliphatic rings. The largest absolute Gasteiger partial charge is 0.573 e. The number of halogens is 5. The molecule has 1 amide bonds. The topological polar surface area (TPSA) is 70.1 Å². The zero-order chi connectivity index (χ0) is 26.2. The van der Waals surface area contributed by atoms with Crippen LogP contribution in [0.3, 0.4) is 0 Å². The van der Waals surface area contributed by atoms with E-state index in [2.05, 4.69) is 4.74 Å². The Kier molecular flexibility index (Phi) is 7.61. The number of allylic oxidation sites excluding steroid dienone is 1. The maximum Gasteiger partial charge on any atom is 0.573 e. The van der Waals surface area contributed by atoms with E-state index >= 15 is 0 Å². The smallest absolute Gasteiger partial charge is 0.481 e. The van der Waals surface area contributed by atoms with Crippen LogP contribution in [-0.2, 0) is 16.1 Å². The maximum atomic E-state index is 13.2. The molecule has 0 aromatic heterocycles. The number of carbonyl (C=O) groups is 2. The fourth-order valence-corrected chi connectivity index (χ4v) is 5.66. The molecule has 1 N–H and O–H groups in total. The lowest BCUT2D eigenvalue weighted by Gasteiger charge is -2.33. The van der Waals surface area contributed by atoms with Crippen molar-refractivity contribution in [2.75, 3.05) is 13.1 Å². The number of nitrogens with zero attached hydrogens (tertiary/aromatic N) is 2. The third-order valence-corrected chi connectivity index (χ3v) is 7.56. The van der Waals surface area contributed by atoms with Gasteiger partial charge in [0.1, 0.15) is 5.76 Å². The summed E-state index contributed by atoms with van der Waals surface area (Å²) in [7, 11) is 0. The first-order valence-corrected chi connectivity index (χ1v) is 12.3. The quantitative estimate of drug-likeness (QED) is 0.474. The van der Waals surface area contributed by atoms with Crippen molar-refractivity contribution in [2.45, 2.75) is 45.1 Å². The van der Waals surface area contributed by atoms with Gasteiger partial charge in [0.2, 0.25) is 0 Å². The van der Waals surface area contributed by atoms with Gasteiger partial charge in [0.05, 0.1) is 16.6 Å². The van der Waals surface area contributed by atoms with Gasteiger partial charge in [-0.05, 0) is 61.7 Å². The third kappa shape index (κ3) is 5.83. The number of aliphatic carboxylic acids is 1. The Labute approximate surface area is 216 Å². The highest BCUT2D eigenvalue weighted by atomic mass is 35.5. The molecule has 0 saturated carbocycles. The van der Waals surface area contributed by atoms with Crippen LogP contribution in [0.25, 0.3) is 0 Å². The number of alkyl halides is 3. The molecule has 2 aliphatic heterocycles. The molecule has 36 heavy (non-hydrogen) atoms.